The van der Waals surface area contributed by atoms with Crippen molar-refractivity contribution in [1.29, 1.82) is 0 Å². The van der Waals surface area contributed by atoms with E-state index in [4.69, 9.17) is 14.9 Å². The van der Waals surface area contributed by atoms with E-state index in [2.05, 4.69) is 4.98 Å². The zero-order valence-corrected chi connectivity index (χ0v) is 10.5. The number of carbonyl (C=O) groups is 1. The van der Waals surface area contributed by atoms with Gasteiger partial charge in [-0.25, -0.2) is 0 Å². The van der Waals surface area contributed by atoms with E-state index < -0.39 is 0 Å². The number of benzene rings is 1. The van der Waals surface area contributed by atoms with Crippen molar-refractivity contribution in [3.8, 4) is 17.1 Å². The van der Waals surface area contributed by atoms with Gasteiger partial charge in [0.1, 0.15) is 5.75 Å². The number of hydrogen-bond acceptors (Lipinski definition) is 5. The molecule has 0 unspecified atom stereocenters. The number of Topliss-reactive ketones (excluding diaryl/α,β-unsaturated/α-hetero) is 1. The summed E-state index contributed by atoms with van der Waals surface area (Å²) in [5, 5.41) is 0. The number of rotatable bonds is 3. The largest absolute Gasteiger partial charge is 0.496 e. The fraction of sp³-hybridized carbons (Fsp3) is 0.231. The predicted molar refractivity (Wildman–Crippen MR) is 67.6 cm³/mol. The molecule has 2 rings (SSSR count). The molecule has 0 atom stereocenters. The van der Waals surface area contributed by atoms with Crippen molar-refractivity contribution in [2.45, 2.75) is 13.8 Å². The quantitative estimate of drug-likeness (QED) is 0.841. The molecule has 1 aromatic carbocycles. The lowest BCUT2D eigenvalue weighted by molar-refractivity contribution is 0.101. The Kier molecular flexibility index (Phi) is 3.06. The lowest BCUT2D eigenvalue weighted by Crippen LogP contribution is -1.97. The number of hydrogen-bond donors (Lipinski definition) is 1. The molecular weight excluding hydrogens is 232 g/mol. The molecule has 0 aliphatic heterocycles. The van der Waals surface area contributed by atoms with Gasteiger partial charge in [0.05, 0.1) is 12.7 Å². The molecule has 5 heteroatoms. The van der Waals surface area contributed by atoms with Crippen molar-refractivity contribution in [3.05, 3.63) is 29.5 Å². The average Bonchev–Trinajstić information content (AvgIpc) is 2.71. The number of nitrogens with two attached hydrogens (primary N) is 1. The topological polar surface area (TPSA) is 78.3 Å². The van der Waals surface area contributed by atoms with Crippen molar-refractivity contribution < 1.29 is 13.9 Å². The molecule has 18 heavy (non-hydrogen) atoms. The lowest BCUT2D eigenvalue weighted by atomic mass is 10.1. The molecule has 0 amide bonds. The zero-order chi connectivity index (χ0) is 13.3. The SMILES string of the molecule is COc1ccc(C)cc1-c1oc(N)nc1C(C)=O. The number of ether oxygens (including phenoxy) is 1. The van der Waals surface area contributed by atoms with Crippen molar-refractivity contribution >= 4 is 11.8 Å². The van der Waals surface area contributed by atoms with E-state index in [0.717, 1.165) is 5.56 Å². The molecular formula is C13H14N2O3. The molecule has 94 valence electrons. The summed E-state index contributed by atoms with van der Waals surface area (Å²) in [7, 11) is 1.56. The summed E-state index contributed by atoms with van der Waals surface area (Å²) in [5.74, 6) is 0.758. The Hall–Kier alpha value is -2.30. The van der Waals surface area contributed by atoms with Crippen LogP contribution in [-0.4, -0.2) is 17.9 Å². The second-order valence-corrected chi connectivity index (χ2v) is 3.99. The van der Waals surface area contributed by atoms with Gasteiger partial charge in [-0.3, -0.25) is 4.79 Å². The first-order valence-corrected chi connectivity index (χ1v) is 5.45. The van der Waals surface area contributed by atoms with Gasteiger partial charge < -0.3 is 14.9 Å². The normalized spacial score (nSPS) is 10.4. The smallest absolute Gasteiger partial charge is 0.293 e. The van der Waals surface area contributed by atoms with Crippen LogP contribution in [0.15, 0.2) is 22.6 Å². The fourth-order valence-electron chi connectivity index (χ4n) is 1.76. The van der Waals surface area contributed by atoms with E-state index in [1.54, 1.807) is 7.11 Å². The minimum absolute atomic E-state index is 0.0289. The number of nitrogens with zero attached hydrogens (tertiary/aromatic N) is 1. The van der Waals surface area contributed by atoms with Crippen LogP contribution in [0.4, 0.5) is 6.01 Å². The molecule has 1 aromatic heterocycles. The van der Waals surface area contributed by atoms with Gasteiger partial charge >= 0.3 is 0 Å². The number of aryl methyl sites for hydroxylation is 1. The van der Waals surface area contributed by atoms with Crippen LogP contribution in [0.5, 0.6) is 5.75 Å². The highest BCUT2D eigenvalue weighted by atomic mass is 16.5. The third kappa shape index (κ3) is 2.07. The Morgan fingerprint density at radius 1 is 1.44 bits per heavy atom. The van der Waals surface area contributed by atoms with Crippen molar-refractivity contribution in [2.75, 3.05) is 12.8 Å². The lowest BCUT2D eigenvalue weighted by Gasteiger charge is -2.07. The average molecular weight is 246 g/mol. The van der Waals surface area contributed by atoms with Crippen molar-refractivity contribution in [1.82, 2.24) is 4.98 Å². The van der Waals surface area contributed by atoms with E-state index in [1.807, 2.05) is 25.1 Å². The highest BCUT2D eigenvalue weighted by molar-refractivity contribution is 5.98. The van der Waals surface area contributed by atoms with Gasteiger partial charge in [-0.2, -0.15) is 4.98 Å². The Labute approximate surface area is 105 Å². The Balaban J connectivity index is 2.68. The summed E-state index contributed by atoms with van der Waals surface area (Å²) in [4.78, 5) is 15.4. The molecule has 0 radical (unpaired) electrons. The Morgan fingerprint density at radius 2 is 2.17 bits per heavy atom. The van der Waals surface area contributed by atoms with Gasteiger partial charge in [0.25, 0.3) is 6.01 Å². The molecule has 1 heterocycles. The first-order valence-electron chi connectivity index (χ1n) is 5.45. The van der Waals surface area contributed by atoms with Gasteiger partial charge in [0.15, 0.2) is 17.2 Å². The van der Waals surface area contributed by atoms with Crippen LogP contribution in [0, 0.1) is 6.92 Å². The first kappa shape index (κ1) is 12.2. The van der Waals surface area contributed by atoms with Crippen LogP contribution in [0.2, 0.25) is 0 Å². The minimum atomic E-state index is -0.200. The number of carbonyl (C=O) groups excluding carboxylic acids is 1. The summed E-state index contributed by atoms with van der Waals surface area (Å²) in [6.07, 6.45) is 0. The Bertz CT molecular complexity index is 602. The van der Waals surface area contributed by atoms with Gasteiger partial charge in [-0.15, -0.1) is 0 Å². The number of nitrogen functional groups attached to an aromatic ring is 1. The summed E-state index contributed by atoms with van der Waals surface area (Å²) >= 11 is 0. The second kappa shape index (κ2) is 4.52. The standard InChI is InChI=1S/C13H14N2O3/c1-7-4-5-10(17-3)9(6-7)12-11(8(2)16)15-13(14)18-12/h4-6H,1-3H3,(H2,14,15). The highest BCUT2D eigenvalue weighted by Crippen LogP contribution is 2.34. The maximum Gasteiger partial charge on any atom is 0.293 e. The molecule has 2 N–H and O–H groups in total. The Morgan fingerprint density at radius 3 is 2.78 bits per heavy atom. The van der Waals surface area contributed by atoms with Crippen LogP contribution in [-0.2, 0) is 0 Å². The van der Waals surface area contributed by atoms with Crippen molar-refractivity contribution in [3.63, 3.8) is 0 Å². The molecule has 0 fully saturated rings. The van der Waals surface area contributed by atoms with Gasteiger partial charge in [0, 0.05) is 6.92 Å². The summed E-state index contributed by atoms with van der Waals surface area (Å²) in [5.41, 5.74) is 7.43. The first-order chi connectivity index (χ1) is 8.52. The molecule has 2 aromatic rings. The van der Waals surface area contributed by atoms with Crippen LogP contribution in [0.1, 0.15) is 23.0 Å². The van der Waals surface area contributed by atoms with E-state index in [9.17, 15) is 4.79 Å². The molecule has 0 aliphatic carbocycles. The molecule has 0 aliphatic rings. The summed E-state index contributed by atoms with van der Waals surface area (Å²) in [6, 6.07) is 5.56. The predicted octanol–water partition coefficient (Wildman–Crippen LogP) is 2.44. The van der Waals surface area contributed by atoms with Crippen LogP contribution in [0.3, 0.4) is 0 Å². The minimum Gasteiger partial charge on any atom is -0.496 e. The van der Waals surface area contributed by atoms with Gasteiger partial charge in [0.2, 0.25) is 0 Å². The van der Waals surface area contributed by atoms with Gasteiger partial charge in [-0.05, 0) is 19.1 Å². The maximum atomic E-state index is 11.5. The summed E-state index contributed by atoms with van der Waals surface area (Å²) < 4.78 is 10.6. The van der Waals surface area contributed by atoms with E-state index in [-0.39, 0.29) is 17.5 Å². The fourth-order valence-corrected chi connectivity index (χ4v) is 1.76. The number of oxazole rings is 1. The van der Waals surface area contributed by atoms with E-state index >= 15 is 0 Å². The number of anilines is 1. The maximum absolute atomic E-state index is 11.5. The molecule has 0 spiro atoms. The molecule has 0 bridgehead atoms. The third-order valence-corrected chi connectivity index (χ3v) is 2.58. The van der Waals surface area contributed by atoms with Gasteiger partial charge in [-0.1, -0.05) is 11.6 Å². The zero-order valence-electron chi connectivity index (χ0n) is 10.5. The number of aromatic nitrogens is 1. The van der Waals surface area contributed by atoms with Crippen molar-refractivity contribution in [2.24, 2.45) is 0 Å². The molecule has 0 saturated heterocycles. The van der Waals surface area contributed by atoms with Crippen LogP contribution < -0.4 is 10.5 Å². The summed E-state index contributed by atoms with van der Waals surface area (Å²) in [6.45, 7) is 3.36. The number of methoxy groups -OCH3 is 1. The third-order valence-electron chi connectivity index (χ3n) is 2.58. The van der Waals surface area contributed by atoms with Crippen LogP contribution in [0.25, 0.3) is 11.3 Å². The highest BCUT2D eigenvalue weighted by Gasteiger charge is 2.20. The van der Waals surface area contributed by atoms with Crippen LogP contribution >= 0.6 is 0 Å². The van der Waals surface area contributed by atoms with E-state index in [1.165, 1.54) is 6.92 Å². The number of ketones is 1. The second-order valence-electron chi connectivity index (χ2n) is 3.99. The van der Waals surface area contributed by atoms with E-state index in [0.29, 0.717) is 17.1 Å². The molecule has 0 saturated carbocycles. The molecule has 5 nitrogen and oxygen atoms in total. The monoisotopic (exact) mass is 246 g/mol.